The van der Waals surface area contributed by atoms with Crippen molar-refractivity contribution < 1.29 is 4.79 Å². The van der Waals surface area contributed by atoms with Gasteiger partial charge in [0.1, 0.15) is 0 Å². The van der Waals surface area contributed by atoms with Crippen molar-refractivity contribution in [1.29, 1.82) is 0 Å². The zero-order valence-corrected chi connectivity index (χ0v) is 11.9. The van der Waals surface area contributed by atoms with Gasteiger partial charge in [0.15, 0.2) is 0 Å². The fraction of sp³-hybridized carbons (Fsp3) is 0.462. The lowest BCUT2D eigenvalue weighted by Crippen LogP contribution is -2.48. The van der Waals surface area contributed by atoms with Crippen molar-refractivity contribution in [2.45, 2.75) is 19.4 Å². The van der Waals surface area contributed by atoms with Crippen LogP contribution in [0.5, 0.6) is 0 Å². The van der Waals surface area contributed by atoms with Crippen molar-refractivity contribution in [2.24, 2.45) is 0 Å². The molecule has 18 heavy (non-hydrogen) atoms. The summed E-state index contributed by atoms with van der Waals surface area (Å²) in [5.74, 6) is 0.205. The molecule has 0 spiro atoms. The van der Waals surface area contributed by atoms with Crippen molar-refractivity contribution in [3.63, 3.8) is 0 Å². The predicted molar refractivity (Wildman–Crippen MR) is 76.3 cm³/mol. The first-order valence-corrected chi connectivity index (χ1v) is 6.36. The minimum absolute atomic E-state index is 0. The van der Waals surface area contributed by atoms with Crippen LogP contribution in [0, 0.1) is 0 Å². The highest BCUT2D eigenvalue weighted by atomic mass is 35.5. The van der Waals surface area contributed by atoms with Gasteiger partial charge in [-0.2, -0.15) is 0 Å². The summed E-state index contributed by atoms with van der Waals surface area (Å²) in [5.41, 5.74) is 1.10. The molecule has 1 aliphatic heterocycles. The van der Waals surface area contributed by atoms with Gasteiger partial charge in [-0.1, -0.05) is 30.7 Å². The zero-order chi connectivity index (χ0) is 12.3. The van der Waals surface area contributed by atoms with Gasteiger partial charge in [-0.05, 0) is 17.7 Å². The van der Waals surface area contributed by atoms with Gasteiger partial charge < -0.3 is 10.2 Å². The van der Waals surface area contributed by atoms with Gasteiger partial charge in [0, 0.05) is 31.1 Å². The minimum Gasteiger partial charge on any atom is -0.333 e. The molecule has 1 saturated heterocycles. The molecule has 1 N–H and O–H groups in total. The van der Waals surface area contributed by atoms with E-state index in [1.165, 1.54) is 0 Å². The predicted octanol–water partition coefficient (Wildman–Crippen LogP) is 2.64. The summed E-state index contributed by atoms with van der Waals surface area (Å²) in [6, 6.07) is 7.86. The number of nitrogens with zero attached hydrogens (tertiary/aromatic N) is 1. The standard InChI is InChI=1S/C13H17ClN2O.ClH/c1-2-13(17)16-7-6-15-9-12(16)10-4-3-5-11(14)8-10;/h3-5,8,12,15H,2,6-7,9H2,1H3;1H. The highest BCUT2D eigenvalue weighted by Gasteiger charge is 2.26. The Kier molecular flexibility index (Phi) is 5.93. The third-order valence-electron chi connectivity index (χ3n) is 3.10. The fourth-order valence-electron chi connectivity index (χ4n) is 2.22. The lowest BCUT2D eigenvalue weighted by atomic mass is 10.0. The van der Waals surface area contributed by atoms with Crippen molar-refractivity contribution in [3.8, 4) is 0 Å². The van der Waals surface area contributed by atoms with Gasteiger partial charge in [0.05, 0.1) is 6.04 Å². The molecule has 0 saturated carbocycles. The van der Waals surface area contributed by atoms with Gasteiger partial charge in [-0.15, -0.1) is 12.4 Å². The van der Waals surface area contributed by atoms with Crippen LogP contribution in [-0.2, 0) is 4.79 Å². The molecule has 0 bridgehead atoms. The number of hydrogen-bond donors (Lipinski definition) is 1. The summed E-state index contributed by atoms with van der Waals surface area (Å²) in [4.78, 5) is 13.8. The molecule has 1 aromatic carbocycles. The number of benzene rings is 1. The summed E-state index contributed by atoms with van der Waals surface area (Å²) >= 11 is 6.00. The van der Waals surface area contributed by atoms with E-state index < -0.39 is 0 Å². The molecule has 1 aromatic rings. The number of nitrogens with one attached hydrogen (secondary N) is 1. The first-order valence-electron chi connectivity index (χ1n) is 5.98. The Morgan fingerprint density at radius 1 is 1.56 bits per heavy atom. The number of hydrogen-bond acceptors (Lipinski definition) is 2. The molecule has 1 aliphatic rings. The van der Waals surface area contributed by atoms with Gasteiger partial charge >= 0.3 is 0 Å². The Morgan fingerprint density at radius 3 is 3.00 bits per heavy atom. The Morgan fingerprint density at radius 2 is 2.33 bits per heavy atom. The largest absolute Gasteiger partial charge is 0.333 e. The summed E-state index contributed by atoms with van der Waals surface area (Å²) < 4.78 is 0. The SMILES string of the molecule is CCC(=O)N1CCNCC1c1cccc(Cl)c1.Cl. The number of carbonyl (C=O) groups is 1. The van der Waals surface area contributed by atoms with E-state index in [9.17, 15) is 4.79 Å². The average Bonchev–Trinajstić information content (AvgIpc) is 2.38. The number of carbonyl (C=O) groups excluding carboxylic acids is 1. The Balaban J connectivity index is 0.00000162. The Bertz CT molecular complexity index is 412. The lowest BCUT2D eigenvalue weighted by Gasteiger charge is -2.36. The molecule has 2 rings (SSSR count). The minimum atomic E-state index is 0. The quantitative estimate of drug-likeness (QED) is 0.907. The van der Waals surface area contributed by atoms with Crippen LogP contribution < -0.4 is 5.32 Å². The first kappa shape index (κ1) is 15.3. The maximum atomic E-state index is 11.9. The van der Waals surface area contributed by atoms with E-state index in [0.29, 0.717) is 6.42 Å². The molecule has 0 aromatic heterocycles. The van der Waals surface area contributed by atoms with Crippen molar-refractivity contribution in [2.75, 3.05) is 19.6 Å². The van der Waals surface area contributed by atoms with Crippen LogP contribution in [0.4, 0.5) is 0 Å². The first-order chi connectivity index (χ1) is 8.22. The molecule has 100 valence electrons. The van der Waals surface area contributed by atoms with Gasteiger partial charge in [-0.25, -0.2) is 0 Å². The summed E-state index contributed by atoms with van der Waals surface area (Å²) in [5, 5.41) is 4.04. The van der Waals surface area contributed by atoms with Gasteiger partial charge in [0.25, 0.3) is 0 Å². The van der Waals surface area contributed by atoms with Crippen LogP contribution in [0.2, 0.25) is 5.02 Å². The van der Waals surface area contributed by atoms with E-state index in [0.717, 1.165) is 30.2 Å². The molecular weight excluding hydrogens is 271 g/mol. The maximum Gasteiger partial charge on any atom is 0.222 e. The average molecular weight is 289 g/mol. The van der Waals surface area contributed by atoms with Crippen LogP contribution >= 0.6 is 24.0 Å². The maximum absolute atomic E-state index is 11.9. The van der Waals surface area contributed by atoms with E-state index in [-0.39, 0.29) is 24.4 Å². The summed E-state index contributed by atoms with van der Waals surface area (Å²) in [6.45, 7) is 4.33. The van der Waals surface area contributed by atoms with Crippen LogP contribution in [-0.4, -0.2) is 30.4 Å². The second-order valence-corrected chi connectivity index (χ2v) is 4.65. The second kappa shape index (κ2) is 6.98. The number of halogens is 2. The smallest absolute Gasteiger partial charge is 0.222 e. The zero-order valence-electron chi connectivity index (χ0n) is 10.4. The molecule has 3 nitrogen and oxygen atoms in total. The molecule has 1 amide bonds. The van der Waals surface area contributed by atoms with E-state index in [1.54, 1.807) is 0 Å². The highest BCUT2D eigenvalue weighted by Crippen LogP contribution is 2.25. The topological polar surface area (TPSA) is 32.3 Å². The Labute approximate surface area is 119 Å². The third-order valence-corrected chi connectivity index (χ3v) is 3.33. The number of piperazine rings is 1. The summed E-state index contributed by atoms with van der Waals surface area (Å²) in [7, 11) is 0. The van der Waals surface area contributed by atoms with E-state index in [2.05, 4.69) is 5.32 Å². The summed E-state index contributed by atoms with van der Waals surface area (Å²) in [6.07, 6.45) is 0.553. The van der Waals surface area contributed by atoms with Crippen LogP contribution in [0.25, 0.3) is 0 Å². The van der Waals surface area contributed by atoms with E-state index in [4.69, 9.17) is 11.6 Å². The number of amides is 1. The molecule has 1 atom stereocenters. The van der Waals surface area contributed by atoms with Crippen LogP contribution in [0.3, 0.4) is 0 Å². The lowest BCUT2D eigenvalue weighted by molar-refractivity contribution is -0.134. The van der Waals surface area contributed by atoms with Crippen molar-refractivity contribution in [1.82, 2.24) is 10.2 Å². The van der Waals surface area contributed by atoms with Crippen molar-refractivity contribution >= 4 is 29.9 Å². The van der Waals surface area contributed by atoms with E-state index >= 15 is 0 Å². The number of rotatable bonds is 2. The normalized spacial score (nSPS) is 19.2. The molecular formula is C13H18Cl2N2O. The molecule has 1 fully saturated rings. The second-order valence-electron chi connectivity index (χ2n) is 4.22. The monoisotopic (exact) mass is 288 g/mol. The molecule has 1 heterocycles. The Hall–Kier alpha value is -0.770. The molecule has 5 heteroatoms. The van der Waals surface area contributed by atoms with Crippen LogP contribution in [0.1, 0.15) is 24.9 Å². The van der Waals surface area contributed by atoms with Gasteiger partial charge in [0.2, 0.25) is 5.91 Å². The highest BCUT2D eigenvalue weighted by molar-refractivity contribution is 6.30. The van der Waals surface area contributed by atoms with E-state index in [1.807, 2.05) is 36.1 Å². The fourth-order valence-corrected chi connectivity index (χ4v) is 2.42. The third kappa shape index (κ3) is 3.37. The molecule has 0 radical (unpaired) electrons. The molecule has 1 unspecified atom stereocenters. The van der Waals surface area contributed by atoms with Gasteiger partial charge in [-0.3, -0.25) is 4.79 Å². The van der Waals surface area contributed by atoms with Crippen LogP contribution in [0.15, 0.2) is 24.3 Å². The molecule has 0 aliphatic carbocycles. The van der Waals surface area contributed by atoms with Crippen molar-refractivity contribution in [3.05, 3.63) is 34.9 Å².